The highest BCUT2D eigenvalue weighted by Gasteiger charge is 2.34. The van der Waals surface area contributed by atoms with Gasteiger partial charge < -0.3 is 5.73 Å². The van der Waals surface area contributed by atoms with Crippen molar-refractivity contribution in [2.75, 3.05) is 0 Å². The third-order valence-electron chi connectivity index (χ3n) is 3.36. The Morgan fingerprint density at radius 1 is 0.889 bits per heavy atom. The average molecular weight is 264 g/mol. The Hall–Kier alpha value is -1.38. The monoisotopic (exact) mass is 263 g/mol. The number of hydrogen-bond donors (Lipinski definition) is 1. The molecule has 2 aromatic carbocycles. The molecule has 1 aliphatic carbocycles. The molecule has 2 atom stereocenters. The first-order valence-electron chi connectivity index (χ1n) is 5.85. The van der Waals surface area contributed by atoms with Crippen LogP contribution in [0.2, 0.25) is 0 Å². The maximum atomic E-state index is 12.8. The van der Waals surface area contributed by atoms with Crippen LogP contribution in [0.15, 0.2) is 48.5 Å². The van der Waals surface area contributed by atoms with Crippen LogP contribution in [0.3, 0.4) is 0 Å². The zero-order valence-corrected chi connectivity index (χ0v) is 10.7. The molecule has 2 N–H and O–H groups in total. The fourth-order valence-electron chi connectivity index (χ4n) is 2.16. The lowest BCUT2D eigenvalue weighted by atomic mass is 10.0. The molecule has 1 nitrogen and oxygen atoms in total. The van der Waals surface area contributed by atoms with E-state index in [2.05, 4.69) is 24.3 Å². The van der Waals surface area contributed by atoms with E-state index in [9.17, 15) is 4.39 Å². The Morgan fingerprint density at radius 3 is 1.78 bits per heavy atom. The molecule has 0 spiro atoms. The van der Waals surface area contributed by atoms with Crippen molar-refractivity contribution in [1.82, 2.24) is 0 Å². The minimum atomic E-state index is -0.200. The number of rotatable bonds is 2. The summed E-state index contributed by atoms with van der Waals surface area (Å²) in [5.74, 6) is 0.339. The quantitative estimate of drug-likeness (QED) is 0.878. The van der Waals surface area contributed by atoms with Crippen LogP contribution < -0.4 is 5.73 Å². The second-order valence-electron chi connectivity index (χ2n) is 4.63. The minimum Gasteiger partial charge on any atom is -0.327 e. The Kier molecular flexibility index (Phi) is 3.69. The van der Waals surface area contributed by atoms with Crippen molar-refractivity contribution in [3.63, 3.8) is 0 Å². The summed E-state index contributed by atoms with van der Waals surface area (Å²) in [6.07, 6.45) is 1.09. The molecule has 3 rings (SSSR count). The van der Waals surface area contributed by atoms with E-state index in [0.717, 1.165) is 17.5 Å². The molecule has 0 radical (unpaired) electrons. The molecule has 2 unspecified atom stereocenters. The maximum absolute atomic E-state index is 12.8. The van der Waals surface area contributed by atoms with Crippen molar-refractivity contribution in [2.24, 2.45) is 5.73 Å². The summed E-state index contributed by atoms with van der Waals surface area (Å²) in [4.78, 5) is 0. The second-order valence-corrected chi connectivity index (χ2v) is 4.63. The molecular weight excluding hydrogens is 249 g/mol. The minimum absolute atomic E-state index is 0. The molecule has 0 aromatic heterocycles. The average Bonchev–Trinajstić information content (AvgIpc) is 3.08. The predicted molar refractivity (Wildman–Crippen MR) is 74.4 cm³/mol. The zero-order valence-electron chi connectivity index (χ0n) is 9.84. The first kappa shape index (κ1) is 13.1. The van der Waals surface area contributed by atoms with Crippen molar-refractivity contribution in [2.45, 2.75) is 18.4 Å². The van der Waals surface area contributed by atoms with Crippen molar-refractivity contribution in [3.05, 3.63) is 59.9 Å². The van der Waals surface area contributed by atoms with Gasteiger partial charge in [-0.2, -0.15) is 0 Å². The zero-order chi connectivity index (χ0) is 11.8. The molecule has 0 amide bonds. The molecule has 94 valence electrons. The van der Waals surface area contributed by atoms with Crippen molar-refractivity contribution in [1.29, 1.82) is 0 Å². The van der Waals surface area contributed by atoms with Gasteiger partial charge in [0, 0.05) is 12.0 Å². The molecule has 0 heterocycles. The van der Waals surface area contributed by atoms with Gasteiger partial charge in [-0.05, 0) is 35.2 Å². The number of nitrogens with two attached hydrogens (primary N) is 1. The van der Waals surface area contributed by atoms with Gasteiger partial charge in [0.2, 0.25) is 0 Å². The fraction of sp³-hybridized carbons (Fsp3) is 0.200. The van der Waals surface area contributed by atoms with Crippen LogP contribution in [0.4, 0.5) is 4.39 Å². The summed E-state index contributed by atoms with van der Waals surface area (Å²) < 4.78 is 12.8. The van der Waals surface area contributed by atoms with Crippen molar-refractivity contribution >= 4 is 12.4 Å². The molecule has 2 aromatic rings. The van der Waals surface area contributed by atoms with E-state index in [0.29, 0.717) is 12.0 Å². The van der Waals surface area contributed by atoms with Crippen LogP contribution in [-0.2, 0) is 0 Å². The highest BCUT2D eigenvalue weighted by Crippen LogP contribution is 2.39. The topological polar surface area (TPSA) is 26.0 Å². The van der Waals surface area contributed by atoms with Gasteiger partial charge in [-0.15, -0.1) is 12.4 Å². The largest absolute Gasteiger partial charge is 0.327 e. The first-order valence-corrected chi connectivity index (χ1v) is 5.85. The second kappa shape index (κ2) is 5.09. The SMILES string of the molecule is Cl.NC1CC1c1ccc(-c2ccc(F)cc2)cc1. The summed E-state index contributed by atoms with van der Waals surface area (Å²) in [7, 11) is 0. The van der Waals surface area contributed by atoms with Gasteiger partial charge >= 0.3 is 0 Å². The van der Waals surface area contributed by atoms with E-state index in [-0.39, 0.29) is 18.2 Å². The van der Waals surface area contributed by atoms with Crippen LogP contribution in [0, 0.1) is 5.82 Å². The van der Waals surface area contributed by atoms with E-state index < -0.39 is 0 Å². The summed E-state index contributed by atoms with van der Waals surface area (Å²) in [5.41, 5.74) is 9.29. The summed E-state index contributed by atoms with van der Waals surface area (Å²) in [5, 5.41) is 0. The van der Waals surface area contributed by atoms with Gasteiger partial charge in [0.1, 0.15) is 5.82 Å². The molecule has 0 saturated heterocycles. The molecule has 3 heteroatoms. The Labute approximate surface area is 112 Å². The van der Waals surface area contributed by atoms with Gasteiger partial charge in [-0.3, -0.25) is 0 Å². The lowest BCUT2D eigenvalue weighted by Gasteiger charge is -2.03. The molecular formula is C15H15ClFN. The van der Waals surface area contributed by atoms with E-state index in [4.69, 9.17) is 5.73 Å². The third kappa shape index (κ3) is 2.55. The van der Waals surface area contributed by atoms with Crippen LogP contribution in [-0.4, -0.2) is 6.04 Å². The Morgan fingerprint density at radius 2 is 1.33 bits per heavy atom. The third-order valence-corrected chi connectivity index (χ3v) is 3.36. The standard InChI is InChI=1S/C15H14FN.ClH/c16-13-7-5-11(6-8-13)10-1-3-12(4-2-10)14-9-15(14)17;/h1-8,14-15H,9,17H2;1H. The van der Waals surface area contributed by atoms with Gasteiger partial charge in [-0.1, -0.05) is 36.4 Å². The lowest BCUT2D eigenvalue weighted by Crippen LogP contribution is -2.00. The van der Waals surface area contributed by atoms with Gasteiger partial charge in [0.25, 0.3) is 0 Å². The maximum Gasteiger partial charge on any atom is 0.123 e. The van der Waals surface area contributed by atoms with Crippen molar-refractivity contribution < 1.29 is 4.39 Å². The van der Waals surface area contributed by atoms with Gasteiger partial charge in [-0.25, -0.2) is 4.39 Å². The fourth-order valence-corrected chi connectivity index (χ4v) is 2.16. The van der Waals surface area contributed by atoms with Crippen molar-refractivity contribution in [3.8, 4) is 11.1 Å². The summed E-state index contributed by atoms with van der Waals surface area (Å²) in [6, 6.07) is 15.3. The van der Waals surface area contributed by atoms with E-state index >= 15 is 0 Å². The molecule has 1 fully saturated rings. The van der Waals surface area contributed by atoms with Crippen LogP contribution in [0.5, 0.6) is 0 Å². The highest BCUT2D eigenvalue weighted by atomic mass is 35.5. The van der Waals surface area contributed by atoms with Gasteiger partial charge in [0.05, 0.1) is 0 Å². The molecule has 0 bridgehead atoms. The Balaban J connectivity index is 0.00000120. The normalized spacial score (nSPS) is 21.2. The molecule has 0 aliphatic heterocycles. The van der Waals surface area contributed by atoms with E-state index in [1.807, 2.05) is 0 Å². The van der Waals surface area contributed by atoms with Crippen LogP contribution in [0.25, 0.3) is 11.1 Å². The lowest BCUT2D eigenvalue weighted by molar-refractivity contribution is 0.628. The summed E-state index contributed by atoms with van der Waals surface area (Å²) in [6.45, 7) is 0. The Bertz CT molecular complexity index is 521. The number of halogens is 2. The first-order chi connectivity index (χ1) is 8.24. The molecule has 1 aliphatic rings. The molecule has 1 saturated carbocycles. The van der Waals surface area contributed by atoms with Gasteiger partial charge in [0.15, 0.2) is 0 Å². The smallest absolute Gasteiger partial charge is 0.123 e. The van der Waals surface area contributed by atoms with Crippen LogP contribution in [0.1, 0.15) is 17.9 Å². The predicted octanol–water partition coefficient (Wildman–Crippen LogP) is 3.73. The number of hydrogen-bond acceptors (Lipinski definition) is 1. The van der Waals surface area contributed by atoms with E-state index in [1.54, 1.807) is 12.1 Å². The number of benzene rings is 2. The van der Waals surface area contributed by atoms with E-state index in [1.165, 1.54) is 17.7 Å². The summed E-state index contributed by atoms with van der Waals surface area (Å²) >= 11 is 0. The van der Waals surface area contributed by atoms with Crippen LogP contribution >= 0.6 is 12.4 Å². The highest BCUT2D eigenvalue weighted by molar-refractivity contribution is 5.85. The molecule has 18 heavy (non-hydrogen) atoms.